The van der Waals surface area contributed by atoms with Gasteiger partial charge in [-0.25, -0.2) is 4.98 Å². The Morgan fingerprint density at radius 3 is 2.49 bits per heavy atom. The maximum atomic E-state index is 13.8. The van der Waals surface area contributed by atoms with Gasteiger partial charge in [-0.3, -0.25) is 14.5 Å². The summed E-state index contributed by atoms with van der Waals surface area (Å²) in [6.45, 7) is 4.09. The fraction of sp³-hybridized carbons (Fsp3) is 0.139. The third-order valence-electron chi connectivity index (χ3n) is 8.17. The fourth-order valence-corrected chi connectivity index (χ4v) is 8.07. The van der Waals surface area contributed by atoms with E-state index in [0.29, 0.717) is 49.4 Å². The SMILES string of the molecule is Cc1cccn2c(C)c(/C(O)=C3\C(=O)C(=O)N(c4nnc(SCc5ccc(Cl)cc5Cl)s4)C3c3ccc(OCc4ccccc4)cc3)nc12. The van der Waals surface area contributed by atoms with Gasteiger partial charge >= 0.3 is 5.91 Å². The zero-order valence-corrected chi connectivity index (χ0v) is 29.3. The van der Waals surface area contributed by atoms with E-state index in [1.54, 1.807) is 43.3 Å². The van der Waals surface area contributed by atoms with Crippen LogP contribution in [0, 0.1) is 13.8 Å². The van der Waals surface area contributed by atoms with Crippen molar-refractivity contribution in [3.05, 3.63) is 140 Å². The number of fused-ring (bicyclic) bond motifs is 1. The van der Waals surface area contributed by atoms with Crippen molar-refractivity contribution in [3.8, 4) is 5.75 Å². The molecule has 0 radical (unpaired) electrons. The van der Waals surface area contributed by atoms with Gasteiger partial charge in [-0.05, 0) is 66.4 Å². The number of nitrogens with zero attached hydrogens (tertiary/aromatic N) is 5. The molecule has 0 spiro atoms. The average molecular weight is 729 g/mol. The molecule has 1 aliphatic rings. The van der Waals surface area contributed by atoms with Crippen LogP contribution in [-0.4, -0.2) is 36.4 Å². The number of benzene rings is 3. The van der Waals surface area contributed by atoms with Gasteiger partial charge in [0.2, 0.25) is 5.13 Å². The maximum absolute atomic E-state index is 13.8. The van der Waals surface area contributed by atoms with Crippen molar-refractivity contribution < 1.29 is 19.4 Å². The van der Waals surface area contributed by atoms with Crippen molar-refractivity contribution in [3.63, 3.8) is 0 Å². The molecule has 1 N–H and O–H groups in total. The number of aryl methyl sites for hydroxylation is 2. The number of anilines is 1. The van der Waals surface area contributed by atoms with E-state index in [9.17, 15) is 14.7 Å². The third kappa shape index (κ3) is 6.42. The highest BCUT2D eigenvalue weighted by Crippen LogP contribution is 2.45. The summed E-state index contributed by atoms with van der Waals surface area (Å²) in [5, 5.41) is 21.7. The minimum Gasteiger partial charge on any atom is -0.505 e. The number of imidazole rings is 1. The summed E-state index contributed by atoms with van der Waals surface area (Å²) >= 11 is 15.0. The number of halogens is 2. The first kappa shape index (κ1) is 32.8. The standard InChI is InChI=1S/C36H27Cl2N5O4S2/c1-20-7-6-16-42-21(2)29(39-33(20)42)31(44)28-30(23-11-14-26(15-12-23)47-18-22-8-4-3-5-9-22)43(34(46)32(28)45)35-40-41-36(49-35)48-19-24-10-13-25(37)17-27(24)38/h3-17,30,44H,18-19H2,1-2H3/b31-28+. The monoisotopic (exact) mass is 727 g/mol. The maximum Gasteiger partial charge on any atom is 0.301 e. The van der Waals surface area contributed by atoms with Crippen LogP contribution in [-0.2, 0) is 21.9 Å². The third-order valence-corrected chi connectivity index (χ3v) is 10.9. The van der Waals surface area contributed by atoms with Crippen LogP contribution in [0.3, 0.4) is 0 Å². The van der Waals surface area contributed by atoms with Crippen molar-refractivity contribution in [1.82, 2.24) is 19.6 Å². The van der Waals surface area contributed by atoms with Crippen LogP contribution in [0.5, 0.6) is 5.75 Å². The number of aliphatic hydroxyl groups excluding tert-OH is 1. The Hall–Kier alpha value is -4.68. The Kier molecular flexibility index (Phi) is 9.17. The van der Waals surface area contributed by atoms with Crippen LogP contribution in [0.15, 0.2) is 101 Å². The lowest BCUT2D eigenvalue weighted by Gasteiger charge is -2.22. The van der Waals surface area contributed by atoms with Crippen LogP contribution in [0.25, 0.3) is 11.4 Å². The molecule has 1 aliphatic heterocycles. The number of pyridine rings is 1. The van der Waals surface area contributed by atoms with Gasteiger partial charge < -0.3 is 14.2 Å². The van der Waals surface area contributed by atoms with E-state index < -0.39 is 17.7 Å². The quantitative estimate of drug-likeness (QED) is 0.0519. The minimum absolute atomic E-state index is 0.0931. The number of Topliss-reactive ketones (excluding diaryl/α,β-unsaturated/α-hetero) is 1. The largest absolute Gasteiger partial charge is 0.505 e. The Balaban J connectivity index is 1.26. The first-order valence-corrected chi connectivity index (χ1v) is 17.7. The first-order valence-electron chi connectivity index (χ1n) is 15.1. The molecule has 1 atom stereocenters. The molecular formula is C36H27Cl2N5O4S2. The Bertz CT molecular complexity index is 2250. The molecule has 3 aromatic carbocycles. The number of carbonyl (C=O) groups excluding carboxylic acids is 2. The molecule has 0 saturated carbocycles. The van der Waals surface area contributed by atoms with E-state index in [1.807, 2.05) is 66.1 Å². The van der Waals surface area contributed by atoms with E-state index in [2.05, 4.69) is 15.2 Å². The Morgan fingerprint density at radius 1 is 0.980 bits per heavy atom. The number of aromatic nitrogens is 4. The molecule has 1 saturated heterocycles. The van der Waals surface area contributed by atoms with Crippen LogP contribution in [0.4, 0.5) is 5.13 Å². The topological polar surface area (TPSA) is 110 Å². The molecule has 6 aromatic rings. The Labute approximate surface area is 299 Å². The summed E-state index contributed by atoms with van der Waals surface area (Å²) in [6.07, 6.45) is 1.84. The molecule has 0 aliphatic carbocycles. The van der Waals surface area contributed by atoms with Crippen molar-refractivity contribution >= 4 is 74.5 Å². The summed E-state index contributed by atoms with van der Waals surface area (Å²) < 4.78 is 8.40. The van der Waals surface area contributed by atoms with Crippen LogP contribution in [0.1, 0.15) is 39.7 Å². The summed E-state index contributed by atoms with van der Waals surface area (Å²) in [6, 6.07) is 24.9. The predicted molar refractivity (Wildman–Crippen MR) is 193 cm³/mol. The van der Waals surface area contributed by atoms with E-state index in [4.69, 9.17) is 27.9 Å². The van der Waals surface area contributed by atoms with Crippen LogP contribution < -0.4 is 9.64 Å². The van der Waals surface area contributed by atoms with Crippen LogP contribution >= 0.6 is 46.3 Å². The Morgan fingerprint density at radius 2 is 1.76 bits per heavy atom. The molecule has 1 fully saturated rings. The number of amides is 1. The molecule has 0 bridgehead atoms. The smallest absolute Gasteiger partial charge is 0.301 e. The van der Waals surface area contributed by atoms with Gasteiger partial charge in [0.25, 0.3) is 5.78 Å². The number of ketones is 1. The van der Waals surface area contributed by atoms with Gasteiger partial charge in [-0.15, -0.1) is 10.2 Å². The highest BCUT2D eigenvalue weighted by molar-refractivity contribution is 8.00. The van der Waals surface area contributed by atoms with E-state index in [0.717, 1.165) is 16.7 Å². The number of ether oxygens (including phenoxy) is 1. The van der Waals surface area contributed by atoms with Gasteiger partial charge in [0, 0.05) is 22.0 Å². The highest BCUT2D eigenvalue weighted by atomic mass is 35.5. The van der Waals surface area contributed by atoms with E-state index in [-0.39, 0.29) is 22.2 Å². The number of carbonyl (C=O) groups is 2. The fourth-order valence-electron chi connectivity index (χ4n) is 5.64. The molecule has 1 amide bonds. The molecule has 9 nitrogen and oxygen atoms in total. The van der Waals surface area contributed by atoms with E-state index in [1.165, 1.54) is 28.0 Å². The second-order valence-electron chi connectivity index (χ2n) is 11.3. The second-order valence-corrected chi connectivity index (χ2v) is 14.3. The predicted octanol–water partition coefficient (Wildman–Crippen LogP) is 8.61. The molecule has 49 heavy (non-hydrogen) atoms. The molecule has 246 valence electrons. The normalized spacial score (nSPS) is 15.8. The van der Waals surface area contributed by atoms with Gasteiger partial charge in [-0.2, -0.15) is 0 Å². The van der Waals surface area contributed by atoms with Gasteiger partial charge in [0.15, 0.2) is 10.1 Å². The molecule has 4 heterocycles. The zero-order valence-electron chi connectivity index (χ0n) is 26.1. The number of aliphatic hydroxyl groups is 1. The molecule has 1 unspecified atom stereocenters. The van der Waals surface area contributed by atoms with Crippen molar-refractivity contribution in [2.75, 3.05) is 4.90 Å². The number of hydrogen-bond acceptors (Lipinski definition) is 9. The average Bonchev–Trinajstić information content (AvgIpc) is 3.78. The minimum atomic E-state index is -1.01. The van der Waals surface area contributed by atoms with Crippen LogP contribution in [0.2, 0.25) is 10.0 Å². The molecule has 3 aromatic heterocycles. The second kappa shape index (κ2) is 13.7. The number of rotatable bonds is 9. The lowest BCUT2D eigenvalue weighted by atomic mass is 9.96. The summed E-state index contributed by atoms with van der Waals surface area (Å²) in [4.78, 5) is 33.6. The van der Waals surface area contributed by atoms with Gasteiger partial charge in [0.05, 0.1) is 17.3 Å². The number of hydrogen-bond donors (Lipinski definition) is 1. The first-order chi connectivity index (χ1) is 23.7. The summed E-state index contributed by atoms with van der Waals surface area (Å²) in [7, 11) is 0. The highest BCUT2D eigenvalue weighted by Gasteiger charge is 2.49. The van der Waals surface area contributed by atoms with E-state index >= 15 is 0 Å². The van der Waals surface area contributed by atoms with Gasteiger partial charge in [-0.1, -0.05) is 101 Å². The van der Waals surface area contributed by atoms with Crippen molar-refractivity contribution in [2.45, 2.75) is 36.6 Å². The summed E-state index contributed by atoms with van der Waals surface area (Å²) in [5.74, 6) is -0.956. The van der Waals surface area contributed by atoms with Gasteiger partial charge in [0.1, 0.15) is 23.7 Å². The number of thioether (sulfide) groups is 1. The molecular weight excluding hydrogens is 701 g/mol. The lowest BCUT2D eigenvalue weighted by molar-refractivity contribution is -0.132. The molecule has 7 rings (SSSR count). The van der Waals surface area contributed by atoms with Crippen molar-refractivity contribution in [1.29, 1.82) is 0 Å². The zero-order chi connectivity index (χ0) is 34.2. The molecule has 13 heteroatoms. The summed E-state index contributed by atoms with van der Waals surface area (Å²) in [5.41, 5.74) is 4.73. The van der Waals surface area contributed by atoms with Crippen molar-refractivity contribution in [2.24, 2.45) is 0 Å². The lowest BCUT2D eigenvalue weighted by Crippen LogP contribution is -2.29.